The number of aromatic amines is 1. The van der Waals surface area contributed by atoms with Gasteiger partial charge in [0.2, 0.25) is 11.8 Å². The van der Waals surface area contributed by atoms with Crippen LogP contribution in [0.1, 0.15) is 42.9 Å². The molecule has 10 nitrogen and oxygen atoms in total. The average molecular weight is 495 g/mol. The molecule has 2 aliphatic rings. The summed E-state index contributed by atoms with van der Waals surface area (Å²) in [4.78, 5) is 41.7. The van der Waals surface area contributed by atoms with Crippen LogP contribution in [-0.2, 0) is 19.1 Å². The number of hydrogen-bond donors (Lipinski definition) is 3. The maximum Gasteiger partial charge on any atom is 0.255 e. The molecule has 4 rings (SSSR count). The molecule has 10 heteroatoms. The molecule has 2 aromatic rings. The van der Waals surface area contributed by atoms with Crippen LogP contribution in [0.25, 0.3) is 0 Å². The summed E-state index contributed by atoms with van der Waals surface area (Å²) in [7, 11) is 3.85. The van der Waals surface area contributed by atoms with Gasteiger partial charge < -0.3 is 25.2 Å². The molecule has 1 aliphatic carbocycles. The van der Waals surface area contributed by atoms with Crippen LogP contribution in [0.5, 0.6) is 0 Å². The van der Waals surface area contributed by atoms with Crippen molar-refractivity contribution in [2.24, 2.45) is 0 Å². The number of morpholine rings is 1. The molecular formula is C26H34N6O4. The quantitative estimate of drug-likeness (QED) is 0.460. The van der Waals surface area contributed by atoms with Gasteiger partial charge in [-0.2, -0.15) is 5.10 Å². The van der Waals surface area contributed by atoms with Gasteiger partial charge >= 0.3 is 0 Å². The van der Waals surface area contributed by atoms with Crippen LogP contribution in [-0.4, -0.2) is 84.2 Å². The Morgan fingerprint density at radius 1 is 1.25 bits per heavy atom. The number of rotatable bonds is 9. The van der Waals surface area contributed by atoms with E-state index in [1.54, 1.807) is 29.2 Å². The Hall–Kier alpha value is -3.50. The third-order valence-electron chi connectivity index (χ3n) is 6.32. The summed E-state index contributed by atoms with van der Waals surface area (Å²) in [6.45, 7) is 3.38. The largest absolute Gasteiger partial charge is 0.365 e. The van der Waals surface area contributed by atoms with E-state index in [1.165, 1.54) is 6.08 Å². The molecule has 1 aliphatic heterocycles. The first kappa shape index (κ1) is 25.6. The highest BCUT2D eigenvalue weighted by atomic mass is 16.5. The number of ether oxygens (including phenoxy) is 1. The third-order valence-corrected chi connectivity index (χ3v) is 6.32. The Kier molecular flexibility index (Phi) is 8.17. The molecule has 2 atom stereocenters. The van der Waals surface area contributed by atoms with Gasteiger partial charge in [-0.15, -0.1) is 0 Å². The first-order valence-electron chi connectivity index (χ1n) is 12.3. The van der Waals surface area contributed by atoms with Crippen LogP contribution in [0.15, 0.2) is 42.5 Å². The molecule has 2 unspecified atom stereocenters. The maximum absolute atomic E-state index is 12.9. The molecule has 0 radical (unpaired) electrons. The van der Waals surface area contributed by atoms with Crippen molar-refractivity contribution in [3.63, 3.8) is 0 Å². The van der Waals surface area contributed by atoms with Crippen molar-refractivity contribution in [3.05, 3.63) is 53.7 Å². The van der Waals surface area contributed by atoms with Crippen molar-refractivity contribution < 1.29 is 19.1 Å². The number of carbonyl (C=O) groups excluding carboxylic acids is 3. The number of hydrogen-bond acceptors (Lipinski definition) is 6. The van der Waals surface area contributed by atoms with E-state index in [0.717, 1.165) is 24.1 Å². The van der Waals surface area contributed by atoms with Crippen LogP contribution in [0, 0.1) is 0 Å². The van der Waals surface area contributed by atoms with Crippen molar-refractivity contribution in [1.82, 2.24) is 20.0 Å². The van der Waals surface area contributed by atoms with Crippen molar-refractivity contribution in [1.29, 1.82) is 0 Å². The van der Waals surface area contributed by atoms with Gasteiger partial charge in [0.25, 0.3) is 5.91 Å². The second-order valence-electron chi connectivity index (χ2n) is 9.62. The Labute approximate surface area is 211 Å². The van der Waals surface area contributed by atoms with E-state index in [2.05, 4.69) is 20.8 Å². The minimum atomic E-state index is -0.769. The zero-order valence-electron chi connectivity index (χ0n) is 21.0. The molecule has 1 saturated carbocycles. The number of nitrogens with one attached hydrogen (secondary N) is 3. The zero-order valence-corrected chi connectivity index (χ0v) is 21.0. The molecule has 1 saturated heterocycles. The van der Waals surface area contributed by atoms with E-state index in [-0.39, 0.29) is 30.9 Å². The van der Waals surface area contributed by atoms with Gasteiger partial charge in [0.05, 0.1) is 19.1 Å². The number of aromatic nitrogens is 2. The number of carbonyl (C=O) groups is 3. The van der Waals surface area contributed by atoms with E-state index in [1.807, 2.05) is 38.1 Å². The van der Waals surface area contributed by atoms with E-state index in [9.17, 15) is 14.4 Å². The summed E-state index contributed by atoms with van der Waals surface area (Å²) in [5, 5.41) is 12.9. The normalized spacial score (nSPS) is 18.9. The van der Waals surface area contributed by atoms with E-state index < -0.39 is 12.0 Å². The van der Waals surface area contributed by atoms with Gasteiger partial charge in [-0.1, -0.05) is 18.2 Å². The maximum atomic E-state index is 12.9. The predicted molar refractivity (Wildman–Crippen MR) is 137 cm³/mol. The van der Waals surface area contributed by atoms with Gasteiger partial charge in [0.1, 0.15) is 0 Å². The molecule has 3 amide bonds. The molecule has 2 fully saturated rings. The predicted octanol–water partition coefficient (Wildman–Crippen LogP) is 2.31. The van der Waals surface area contributed by atoms with E-state index in [4.69, 9.17) is 4.74 Å². The zero-order chi connectivity index (χ0) is 25.7. The Bertz CT molecular complexity index is 1120. The van der Waals surface area contributed by atoms with Crippen molar-refractivity contribution >= 4 is 29.2 Å². The molecule has 2 heterocycles. The minimum absolute atomic E-state index is 0.138. The van der Waals surface area contributed by atoms with Crippen molar-refractivity contribution in [2.45, 2.75) is 37.7 Å². The number of amides is 3. The summed E-state index contributed by atoms with van der Waals surface area (Å²) in [5.74, 6) is -0.0542. The van der Waals surface area contributed by atoms with Crippen LogP contribution < -0.4 is 10.6 Å². The van der Waals surface area contributed by atoms with Crippen LogP contribution >= 0.6 is 0 Å². The number of nitrogens with zero attached hydrogens (tertiary/aromatic N) is 3. The second-order valence-corrected chi connectivity index (χ2v) is 9.62. The van der Waals surface area contributed by atoms with E-state index >= 15 is 0 Å². The lowest BCUT2D eigenvalue weighted by Gasteiger charge is -2.31. The molecule has 192 valence electrons. The topological polar surface area (TPSA) is 120 Å². The third kappa shape index (κ3) is 6.79. The lowest BCUT2D eigenvalue weighted by molar-refractivity contribution is -0.141. The molecule has 3 N–H and O–H groups in total. The second kappa shape index (κ2) is 11.5. The van der Waals surface area contributed by atoms with Gasteiger partial charge in [-0.05, 0) is 51.6 Å². The summed E-state index contributed by atoms with van der Waals surface area (Å²) in [6, 6.07) is 9.06. The smallest absolute Gasteiger partial charge is 0.255 e. The number of benzene rings is 1. The average Bonchev–Trinajstić information content (AvgIpc) is 3.62. The summed E-state index contributed by atoms with van der Waals surface area (Å²) in [5.41, 5.74) is 2.37. The highest BCUT2D eigenvalue weighted by Gasteiger charge is 2.29. The fourth-order valence-electron chi connectivity index (χ4n) is 3.98. The van der Waals surface area contributed by atoms with Crippen LogP contribution in [0.4, 0.5) is 11.5 Å². The highest BCUT2D eigenvalue weighted by Crippen LogP contribution is 2.39. The molecule has 0 spiro atoms. The lowest BCUT2D eigenvalue weighted by atomic mass is 9.99. The molecule has 0 bridgehead atoms. The fourth-order valence-corrected chi connectivity index (χ4v) is 3.98. The first-order valence-corrected chi connectivity index (χ1v) is 12.3. The Morgan fingerprint density at radius 2 is 2.06 bits per heavy atom. The molecule has 1 aromatic carbocycles. The summed E-state index contributed by atoms with van der Waals surface area (Å²) in [6.07, 6.45) is 4.87. The summed E-state index contributed by atoms with van der Waals surface area (Å²) >= 11 is 0. The van der Waals surface area contributed by atoms with Gasteiger partial charge in [-0.25, -0.2) is 0 Å². The molecular weight excluding hydrogens is 460 g/mol. The van der Waals surface area contributed by atoms with Gasteiger partial charge in [-0.3, -0.25) is 19.5 Å². The summed E-state index contributed by atoms with van der Waals surface area (Å²) < 4.78 is 5.63. The standard InChI is InChI=1S/C26H34N6O4/c1-17(25(34)28-23-15-21(29-30-23)18-9-10-18)19-6-4-7-20(14-19)27-26(35)22-16-32(12-13-36-22)24(33)8-5-11-31(2)3/h4-8,14-15,17-18,22H,9-13,16H2,1-3H3,(H,27,35)(H2,28,29,30,34). The molecule has 36 heavy (non-hydrogen) atoms. The number of anilines is 2. The van der Waals surface area contributed by atoms with E-state index in [0.29, 0.717) is 30.5 Å². The fraction of sp³-hybridized carbons (Fsp3) is 0.462. The SMILES string of the molecule is CC(C(=O)Nc1cc(C2CC2)[nH]n1)c1cccc(NC(=O)C2CN(C(=O)C=CCN(C)C)CCO2)c1. The van der Waals surface area contributed by atoms with Crippen molar-refractivity contribution in [2.75, 3.05) is 51.0 Å². The van der Waals surface area contributed by atoms with Gasteiger partial charge in [0.15, 0.2) is 11.9 Å². The first-order chi connectivity index (χ1) is 17.3. The Morgan fingerprint density at radius 3 is 2.81 bits per heavy atom. The van der Waals surface area contributed by atoms with Crippen molar-refractivity contribution in [3.8, 4) is 0 Å². The van der Waals surface area contributed by atoms with Crippen LogP contribution in [0.2, 0.25) is 0 Å². The monoisotopic (exact) mass is 494 g/mol. The highest BCUT2D eigenvalue weighted by molar-refractivity contribution is 5.97. The number of H-pyrrole nitrogens is 1. The Balaban J connectivity index is 1.32. The lowest BCUT2D eigenvalue weighted by Crippen LogP contribution is -2.49. The van der Waals surface area contributed by atoms with Crippen LogP contribution in [0.3, 0.4) is 0 Å². The van der Waals surface area contributed by atoms with Gasteiger partial charge in [0, 0.05) is 42.5 Å². The number of likely N-dealkylation sites (N-methyl/N-ethyl adjacent to an activating group) is 1. The molecule has 1 aromatic heterocycles. The minimum Gasteiger partial charge on any atom is -0.365 e.